The number of benzene rings is 2. The van der Waals surface area contributed by atoms with Gasteiger partial charge in [0, 0.05) is 28.0 Å². The number of carbonyl (C=O) groups is 2. The monoisotopic (exact) mass is 481 g/mol. The number of Topliss-reactive ketones (excluding diaryl/α,β-unsaturated/α-hetero) is 1. The summed E-state index contributed by atoms with van der Waals surface area (Å²) in [6.45, 7) is 0. The van der Waals surface area contributed by atoms with E-state index in [1.807, 2.05) is 0 Å². The van der Waals surface area contributed by atoms with Gasteiger partial charge in [0.2, 0.25) is 0 Å². The van der Waals surface area contributed by atoms with E-state index in [0.717, 1.165) is 4.70 Å². The number of carbonyl (C=O) groups excluding carboxylic acids is 2. The first-order valence-electron chi connectivity index (χ1n) is 9.47. The SMILES string of the molecule is O=C1C(=O)N(c2nc3ccc(Cl)cc3s2)C(c2cccnc2)C1=C(O)c1ccc(Cl)cc1. The first kappa shape index (κ1) is 20.6. The number of anilines is 1. The van der Waals surface area contributed by atoms with Crippen LogP contribution in [0.3, 0.4) is 0 Å². The molecule has 1 fully saturated rings. The van der Waals surface area contributed by atoms with Gasteiger partial charge in [-0.2, -0.15) is 0 Å². The van der Waals surface area contributed by atoms with Crippen LogP contribution in [0.4, 0.5) is 5.13 Å². The molecule has 2 aromatic carbocycles. The van der Waals surface area contributed by atoms with E-state index in [1.54, 1.807) is 67.0 Å². The Morgan fingerprint density at radius 2 is 1.78 bits per heavy atom. The number of halogens is 2. The van der Waals surface area contributed by atoms with Crippen LogP contribution in [0.15, 0.2) is 72.6 Å². The number of thiazole rings is 1. The van der Waals surface area contributed by atoms with Crippen LogP contribution in [0.25, 0.3) is 16.0 Å². The molecule has 1 aliphatic rings. The highest BCUT2D eigenvalue weighted by Crippen LogP contribution is 2.44. The van der Waals surface area contributed by atoms with Gasteiger partial charge in [-0.3, -0.25) is 19.5 Å². The van der Waals surface area contributed by atoms with Gasteiger partial charge in [-0.1, -0.05) is 40.6 Å². The zero-order valence-electron chi connectivity index (χ0n) is 16.2. The molecule has 9 heteroatoms. The average molecular weight is 482 g/mol. The number of amides is 1. The topological polar surface area (TPSA) is 83.4 Å². The van der Waals surface area contributed by atoms with Crippen LogP contribution in [0, 0.1) is 0 Å². The van der Waals surface area contributed by atoms with Gasteiger partial charge in [-0.15, -0.1) is 0 Å². The molecule has 158 valence electrons. The van der Waals surface area contributed by atoms with Gasteiger partial charge >= 0.3 is 5.91 Å². The first-order chi connectivity index (χ1) is 15.4. The summed E-state index contributed by atoms with van der Waals surface area (Å²) in [6, 6.07) is 14.1. The maximum atomic E-state index is 13.2. The molecular formula is C23H13Cl2N3O3S. The second-order valence-electron chi connectivity index (χ2n) is 7.07. The minimum absolute atomic E-state index is 0.0392. The Kier molecular flexibility index (Phi) is 5.17. The standard InChI is InChI=1S/C23H13Cl2N3O3S/c24-14-5-3-12(4-6-14)20(29)18-19(13-2-1-9-26-11-13)28(22(31)21(18)30)23-27-16-8-7-15(25)10-17(16)32-23/h1-11,19,29H. The Bertz CT molecular complexity index is 1400. The molecule has 0 saturated carbocycles. The van der Waals surface area contributed by atoms with Crippen molar-refractivity contribution in [3.8, 4) is 0 Å². The molecule has 0 aliphatic carbocycles. The Balaban J connectivity index is 1.72. The van der Waals surface area contributed by atoms with Crippen LogP contribution in [-0.4, -0.2) is 26.8 Å². The van der Waals surface area contributed by atoms with Crippen molar-refractivity contribution in [2.24, 2.45) is 0 Å². The summed E-state index contributed by atoms with van der Waals surface area (Å²) in [5, 5.41) is 12.4. The van der Waals surface area contributed by atoms with E-state index in [2.05, 4.69) is 9.97 Å². The summed E-state index contributed by atoms with van der Waals surface area (Å²) >= 11 is 13.3. The predicted molar refractivity (Wildman–Crippen MR) is 125 cm³/mol. The van der Waals surface area contributed by atoms with Crippen molar-refractivity contribution in [2.75, 3.05) is 4.90 Å². The molecule has 2 aromatic heterocycles. The highest BCUT2D eigenvalue weighted by atomic mass is 35.5. The lowest BCUT2D eigenvalue weighted by molar-refractivity contribution is -0.132. The fourth-order valence-electron chi connectivity index (χ4n) is 3.64. The number of ketones is 1. The highest BCUT2D eigenvalue weighted by molar-refractivity contribution is 7.22. The van der Waals surface area contributed by atoms with E-state index in [0.29, 0.717) is 31.8 Å². The van der Waals surface area contributed by atoms with Crippen molar-refractivity contribution < 1.29 is 14.7 Å². The molecule has 1 saturated heterocycles. The molecule has 1 amide bonds. The molecular weight excluding hydrogens is 469 g/mol. The van der Waals surface area contributed by atoms with Crippen LogP contribution in [0.1, 0.15) is 17.2 Å². The van der Waals surface area contributed by atoms with E-state index in [4.69, 9.17) is 23.2 Å². The number of fused-ring (bicyclic) bond motifs is 1. The van der Waals surface area contributed by atoms with E-state index < -0.39 is 17.7 Å². The fraction of sp³-hybridized carbons (Fsp3) is 0.0435. The van der Waals surface area contributed by atoms with Crippen molar-refractivity contribution in [3.63, 3.8) is 0 Å². The van der Waals surface area contributed by atoms with Gasteiger partial charge in [0.25, 0.3) is 5.78 Å². The molecule has 6 nitrogen and oxygen atoms in total. The van der Waals surface area contributed by atoms with Gasteiger partial charge in [0.1, 0.15) is 5.76 Å². The Hall–Kier alpha value is -3.26. The number of aromatic nitrogens is 2. The Morgan fingerprint density at radius 1 is 1.03 bits per heavy atom. The minimum atomic E-state index is -0.893. The number of aliphatic hydroxyl groups excluding tert-OH is 1. The van der Waals surface area contributed by atoms with Crippen molar-refractivity contribution in [3.05, 3.63) is 93.7 Å². The maximum absolute atomic E-state index is 13.2. The summed E-state index contributed by atoms with van der Waals surface area (Å²) in [5.41, 5.74) is 1.55. The summed E-state index contributed by atoms with van der Waals surface area (Å²) in [5.74, 6) is -1.87. The fourth-order valence-corrected chi connectivity index (χ4v) is 5.03. The molecule has 32 heavy (non-hydrogen) atoms. The number of rotatable bonds is 3. The number of hydrogen-bond donors (Lipinski definition) is 1. The van der Waals surface area contributed by atoms with E-state index in [-0.39, 0.29) is 11.3 Å². The predicted octanol–water partition coefficient (Wildman–Crippen LogP) is 5.62. The number of pyridine rings is 1. The van der Waals surface area contributed by atoms with Crippen LogP contribution < -0.4 is 4.90 Å². The smallest absolute Gasteiger partial charge is 0.301 e. The van der Waals surface area contributed by atoms with Gasteiger partial charge < -0.3 is 5.11 Å². The molecule has 1 N–H and O–H groups in total. The van der Waals surface area contributed by atoms with Crippen LogP contribution in [0.2, 0.25) is 10.0 Å². The van der Waals surface area contributed by atoms with Gasteiger partial charge in [0.05, 0.1) is 21.8 Å². The lowest BCUT2D eigenvalue weighted by atomic mass is 9.96. The maximum Gasteiger partial charge on any atom is 0.301 e. The zero-order chi connectivity index (χ0) is 22.4. The van der Waals surface area contributed by atoms with Crippen molar-refractivity contribution >= 4 is 67.3 Å². The first-order valence-corrected chi connectivity index (χ1v) is 11.0. The van der Waals surface area contributed by atoms with E-state index in [1.165, 1.54) is 16.2 Å². The van der Waals surface area contributed by atoms with Gasteiger partial charge in [-0.05, 0) is 54.1 Å². The number of hydrogen-bond acceptors (Lipinski definition) is 6. The van der Waals surface area contributed by atoms with Crippen LogP contribution >= 0.6 is 34.5 Å². The van der Waals surface area contributed by atoms with Gasteiger partial charge in [-0.25, -0.2) is 4.98 Å². The van der Waals surface area contributed by atoms with Crippen LogP contribution in [0.5, 0.6) is 0 Å². The molecule has 1 atom stereocenters. The number of aliphatic hydroxyl groups is 1. The number of nitrogens with zero attached hydrogens (tertiary/aromatic N) is 3. The van der Waals surface area contributed by atoms with E-state index >= 15 is 0 Å². The van der Waals surface area contributed by atoms with E-state index in [9.17, 15) is 14.7 Å². The minimum Gasteiger partial charge on any atom is -0.507 e. The third-order valence-electron chi connectivity index (χ3n) is 5.11. The highest BCUT2D eigenvalue weighted by Gasteiger charge is 2.48. The average Bonchev–Trinajstić information content (AvgIpc) is 3.32. The second-order valence-corrected chi connectivity index (χ2v) is 8.95. The normalized spacial score (nSPS) is 17.9. The van der Waals surface area contributed by atoms with Crippen LogP contribution in [-0.2, 0) is 9.59 Å². The molecule has 3 heterocycles. The third-order valence-corrected chi connectivity index (χ3v) is 6.61. The summed E-state index contributed by atoms with van der Waals surface area (Å²) in [7, 11) is 0. The molecule has 1 aliphatic heterocycles. The lowest BCUT2D eigenvalue weighted by Crippen LogP contribution is -2.29. The summed E-state index contributed by atoms with van der Waals surface area (Å²) in [4.78, 5) is 36.3. The largest absolute Gasteiger partial charge is 0.507 e. The van der Waals surface area contributed by atoms with Crippen molar-refractivity contribution in [2.45, 2.75) is 6.04 Å². The van der Waals surface area contributed by atoms with Crippen molar-refractivity contribution in [1.82, 2.24) is 9.97 Å². The molecule has 4 aromatic rings. The lowest BCUT2D eigenvalue weighted by Gasteiger charge is -2.22. The molecule has 0 bridgehead atoms. The Labute approximate surface area is 196 Å². The Morgan fingerprint density at radius 3 is 2.50 bits per heavy atom. The van der Waals surface area contributed by atoms with Gasteiger partial charge in [0.15, 0.2) is 5.13 Å². The molecule has 0 radical (unpaired) electrons. The zero-order valence-corrected chi connectivity index (χ0v) is 18.5. The quantitative estimate of drug-likeness (QED) is 0.233. The van der Waals surface area contributed by atoms with Crippen molar-refractivity contribution in [1.29, 1.82) is 0 Å². The second kappa shape index (κ2) is 8.02. The molecule has 1 unspecified atom stereocenters. The third kappa shape index (κ3) is 3.44. The summed E-state index contributed by atoms with van der Waals surface area (Å²) < 4.78 is 0.775. The summed E-state index contributed by atoms with van der Waals surface area (Å²) in [6.07, 6.45) is 3.15. The molecule has 0 spiro atoms. The molecule has 5 rings (SSSR count).